The van der Waals surface area contributed by atoms with Crippen molar-refractivity contribution in [3.63, 3.8) is 0 Å². The third kappa shape index (κ3) is 3.07. The highest BCUT2D eigenvalue weighted by molar-refractivity contribution is 7.97. The van der Waals surface area contributed by atoms with Crippen LogP contribution in [0.3, 0.4) is 0 Å². The van der Waals surface area contributed by atoms with Crippen LogP contribution < -0.4 is 5.32 Å². The van der Waals surface area contributed by atoms with Gasteiger partial charge in [-0.05, 0) is 42.7 Å². The van der Waals surface area contributed by atoms with Gasteiger partial charge in [0.2, 0.25) is 0 Å². The third-order valence-electron chi connectivity index (χ3n) is 4.87. The molecule has 1 heterocycles. The zero-order chi connectivity index (χ0) is 17.2. The van der Waals surface area contributed by atoms with Crippen LogP contribution in [0.25, 0.3) is 11.0 Å². The monoisotopic (exact) mass is 351 g/mol. The lowest BCUT2D eigenvalue weighted by Gasteiger charge is -2.26. The molecule has 25 heavy (non-hydrogen) atoms. The summed E-state index contributed by atoms with van der Waals surface area (Å²) in [7, 11) is 0. The van der Waals surface area contributed by atoms with Gasteiger partial charge in [0.05, 0.1) is 6.04 Å². The Morgan fingerprint density at radius 2 is 2.00 bits per heavy atom. The van der Waals surface area contributed by atoms with Crippen molar-refractivity contribution in [2.24, 2.45) is 0 Å². The fourth-order valence-corrected chi connectivity index (χ4v) is 4.27. The van der Waals surface area contributed by atoms with E-state index in [0.29, 0.717) is 5.76 Å². The van der Waals surface area contributed by atoms with Gasteiger partial charge in [-0.1, -0.05) is 42.5 Å². The molecular weight excluding hydrogens is 330 g/mol. The molecule has 0 saturated carbocycles. The first-order valence-electron chi connectivity index (χ1n) is 8.66. The predicted octanol–water partition coefficient (Wildman–Crippen LogP) is 5.10. The maximum absolute atomic E-state index is 13.0. The lowest BCUT2D eigenvalue weighted by molar-refractivity contribution is 0.0906. The molecule has 0 unspecified atom stereocenters. The number of carbonyl (C=O) groups excluding carboxylic acids is 1. The number of nitrogens with one attached hydrogen (secondary N) is 1. The van der Waals surface area contributed by atoms with E-state index in [9.17, 15) is 4.79 Å². The number of hydrogen-bond donors (Lipinski definition) is 1. The van der Waals surface area contributed by atoms with E-state index in [1.807, 2.05) is 36.6 Å². The summed E-state index contributed by atoms with van der Waals surface area (Å²) >= 11 is 1.70. The molecule has 4 rings (SSSR count). The van der Waals surface area contributed by atoms with E-state index < -0.39 is 0 Å². The molecule has 0 fully saturated rings. The van der Waals surface area contributed by atoms with Crippen LogP contribution >= 0.6 is 11.8 Å². The maximum atomic E-state index is 13.0. The van der Waals surface area contributed by atoms with Crippen LogP contribution in [-0.4, -0.2) is 12.2 Å². The van der Waals surface area contributed by atoms with Gasteiger partial charge in [-0.25, -0.2) is 0 Å². The summed E-state index contributed by atoms with van der Waals surface area (Å²) in [6.45, 7) is 0. The van der Waals surface area contributed by atoms with Crippen molar-refractivity contribution in [2.45, 2.75) is 31.1 Å². The molecular formula is C21H21NO2S. The Hall–Kier alpha value is -2.20. The number of aryl methyl sites for hydroxylation is 1. The number of rotatable bonds is 4. The maximum Gasteiger partial charge on any atom is 0.287 e. The lowest BCUT2D eigenvalue weighted by atomic mass is 9.87. The zero-order valence-electron chi connectivity index (χ0n) is 14.2. The van der Waals surface area contributed by atoms with Crippen molar-refractivity contribution in [1.82, 2.24) is 5.32 Å². The van der Waals surface area contributed by atoms with Gasteiger partial charge in [0, 0.05) is 16.7 Å². The van der Waals surface area contributed by atoms with Crippen LogP contribution in [0.15, 0.2) is 52.9 Å². The minimum atomic E-state index is -0.109. The summed E-state index contributed by atoms with van der Waals surface area (Å²) < 4.78 is 5.92. The van der Waals surface area contributed by atoms with Crippen LogP contribution in [0, 0.1) is 0 Å². The summed E-state index contributed by atoms with van der Waals surface area (Å²) in [6.07, 6.45) is 5.20. The predicted molar refractivity (Wildman–Crippen MR) is 103 cm³/mol. The van der Waals surface area contributed by atoms with Gasteiger partial charge in [-0.15, -0.1) is 0 Å². The van der Waals surface area contributed by atoms with Crippen LogP contribution in [-0.2, 0) is 12.2 Å². The Labute approximate surface area is 151 Å². The van der Waals surface area contributed by atoms with E-state index in [1.165, 1.54) is 11.1 Å². The number of furan rings is 1. The van der Waals surface area contributed by atoms with Gasteiger partial charge in [-0.2, -0.15) is 11.8 Å². The summed E-state index contributed by atoms with van der Waals surface area (Å²) in [5.41, 5.74) is 4.35. The first kappa shape index (κ1) is 16.3. The second-order valence-corrected chi connectivity index (χ2v) is 7.32. The van der Waals surface area contributed by atoms with E-state index in [1.54, 1.807) is 11.8 Å². The molecule has 1 aromatic heterocycles. The van der Waals surface area contributed by atoms with Gasteiger partial charge in [-0.3, -0.25) is 4.79 Å². The lowest BCUT2D eigenvalue weighted by Crippen LogP contribution is -2.31. The van der Waals surface area contributed by atoms with Gasteiger partial charge in [0.25, 0.3) is 5.91 Å². The van der Waals surface area contributed by atoms with Crippen molar-refractivity contribution in [2.75, 3.05) is 6.26 Å². The minimum Gasteiger partial charge on any atom is -0.451 e. The van der Waals surface area contributed by atoms with Gasteiger partial charge >= 0.3 is 0 Å². The van der Waals surface area contributed by atoms with Crippen LogP contribution in [0.4, 0.5) is 0 Å². The van der Waals surface area contributed by atoms with Gasteiger partial charge < -0.3 is 9.73 Å². The van der Waals surface area contributed by atoms with Crippen molar-refractivity contribution < 1.29 is 9.21 Å². The highest BCUT2D eigenvalue weighted by Gasteiger charge is 2.25. The number of hydrogen-bond acceptors (Lipinski definition) is 3. The van der Waals surface area contributed by atoms with E-state index in [-0.39, 0.29) is 11.9 Å². The largest absolute Gasteiger partial charge is 0.451 e. The topological polar surface area (TPSA) is 42.2 Å². The average Bonchev–Trinajstić information content (AvgIpc) is 3.01. The average molecular weight is 351 g/mol. The van der Waals surface area contributed by atoms with Crippen molar-refractivity contribution in [3.8, 4) is 0 Å². The number of fused-ring (bicyclic) bond motifs is 2. The Morgan fingerprint density at radius 1 is 1.20 bits per heavy atom. The summed E-state index contributed by atoms with van der Waals surface area (Å²) in [5.74, 6) is 1.11. The fraction of sp³-hybridized carbons (Fsp3) is 0.286. The van der Waals surface area contributed by atoms with Crippen LogP contribution in [0.5, 0.6) is 0 Å². The quantitative estimate of drug-likeness (QED) is 0.711. The van der Waals surface area contributed by atoms with Gasteiger partial charge in [0.1, 0.15) is 5.58 Å². The SMILES string of the molecule is CSCc1c(C(=O)N[C@H]2CCCc3ccccc32)oc2ccccc12. The molecule has 3 nitrogen and oxygen atoms in total. The molecule has 0 aliphatic heterocycles. The third-order valence-corrected chi connectivity index (χ3v) is 5.45. The molecule has 2 aromatic carbocycles. The Bertz CT molecular complexity index is 915. The Balaban J connectivity index is 1.66. The first-order valence-corrected chi connectivity index (χ1v) is 10.1. The highest BCUT2D eigenvalue weighted by atomic mass is 32.2. The molecule has 1 N–H and O–H groups in total. The molecule has 0 saturated heterocycles. The van der Waals surface area contributed by atoms with Crippen LogP contribution in [0.1, 0.15) is 46.1 Å². The number of amides is 1. The van der Waals surface area contributed by atoms with E-state index in [2.05, 4.69) is 23.5 Å². The standard InChI is InChI=1S/C21H21NO2S/c1-25-13-17-16-10-4-5-12-19(16)24-20(17)21(23)22-18-11-6-8-14-7-2-3-9-15(14)18/h2-5,7,9-10,12,18H,6,8,11,13H2,1H3,(H,22,23)/t18-/m0/s1. The van der Waals surface area contributed by atoms with Crippen LogP contribution in [0.2, 0.25) is 0 Å². The molecule has 1 aliphatic carbocycles. The zero-order valence-corrected chi connectivity index (χ0v) is 15.1. The smallest absolute Gasteiger partial charge is 0.287 e. The molecule has 0 bridgehead atoms. The fourth-order valence-electron chi connectivity index (χ4n) is 3.70. The highest BCUT2D eigenvalue weighted by Crippen LogP contribution is 2.32. The first-order chi connectivity index (χ1) is 12.3. The van der Waals surface area contributed by atoms with E-state index in [0.717, 1.165) is 41.5 Å². The molecule has 1 amide bonds. The molecule has 0 radical (unpaired) electrons. The number of thioether (sulfide) groups is 1. The second-order valence-electron chi connectivity index (χ2n) is 6.46. The second kappa shape index (κ2) is 6.96. The molecule has 4 heteroatoms. The summed E-state index contributed by atoms with van der Waals surface area (Å²) in [4.78, 5) is 13.0. The Morgan fingerprint density at radius 3 is 2.88 bits per heavy atom. The Kier molecular flexibility index (Phi) is 4.53. The van der Waals surface area contributed by atoms with Crippen molar-refractivity contribution >= 4 is 28.6 Å². The van der Waals surface area contributed by atoms with Crippen molar-refractivity contribution in [3.05, 3.63) is 71.0 Å². The molecule has 3 aromatic rings. The number of carbonyl (C=O) groups is 1. The number of benzene rings is 2. The van der Waals surface area contributed by atoms with E-state index >= 15 is 0 Å². The van der Waals surface area contributed by atoms with E-state index in [4.69, 9.17) is 4.42 Å². The molecule has 1 aliphatic rings. The minimum absolute atomic E-state index is 0.0628. The molecule has 1 atom stereocenters. The summed E-state index contributed by atoms with van der Waals surface area (Å²) in [5, 5.41) is 4.24. The molecule has 128 valence electrons. The normalized spacial score (nSPS) is 16.6. The molecule has 0 spiro atoms. The van der Waals surface area contributed by atoms with Crippen molar-refractivity contribution in [1.29, 1.82) is 0 Å². The van der Waals surface area contributed by atoms with Gasteiger partial charge in [0.15, 0.2) is 5.76 Å². The summed E-state index contributed by atoms with van der Waals surface area (Å²) in [6, 6.07) is 16.3. The number of para-hydroxylation sites is 1.